The van der Waals surface area contributed by atoms with E-state index in [4.69, 9.17) is 18.9 Å². The molecule has 2 fully saturated rings. The molecule has 12 heteroatoms. The van der Waals surface area contributed by atoms with Crippen LogP contribution in [0.5, 0.6) is 0 Å². The van der Waals surface area contributed by atoms with Crippen molar-refractivity contribution in [2.45, 2.75) is 145 Å². The average Bonchev–Trinajstić information content (AvgIpc) is 2.98. The zero-order chi connectivity index (χ0) is 30.9. The van der Waals surface area contributed by atoms with E-state index in [-0.39, 0.29) is 6.42 Å². The van der Waals surface area contributed by atoms with E-state index >= 15 is 0 Å². The molecule has 244 valence electrons. The lowest BCUT2D eigenvalue weighted by Crippen LogP contribution is -2.63. The van der Waals surface area contributed by atoms with Crippen LogP contribution in [0.2, 0.25) is 0 Å². The number of allylic oxidation sites excluding steroid dienone is 4. The fraction of sp³-hybridized carbons (Fsp3) is 0.833. The first-order chi connectivity index (χ1) is 20.2. The standard InChI is InChI=1S/C30H52O12/c1-2-3-4-5-6-7-8-9-10-11-12-13-14-15-16-17-22(32)39-19-21-24(34)26(36)28(38)30(41-21)42-29-27(37)25(35)23(33)20(18-31)40-29/h6-7,9-10,20-21,23-31,33-38H,2-5,8,11-19H2,1H3/b7-6-,10-9-/t20-,21-,23-,24-,25+,26+,27-,28-,29-,30-/m1/s1. The minimum atomic E-state index is -1.77. The Bertz CT molecular complexity index is 790. The van der Waals surface area contributed by atoms with Crippen molar-refractivity contribution >= 4 is 5.97 Å². The van der Waals surface area contributed by atoms with Gasteiger partial charge in [-0.3, -0.25) is 4.79 Å². The third-order valence-corrected chi connectivity index (χ3v) is 7.53. The second-order valence-corrected chi connectivity index (χ2v) is 11.0. The van der Waals surface area contributed by atoms with E-state index in [9.17, 15) is 40.5 Å². The van der Waals surface area contributed by atoms with Gasteiger partial charge in [0.25, 0.3) is 0 Å². The zero-order valence-electron chi connectivity index (χ0n) is 24.7. The summed E-state index contributed by atoms with van der Waals surface area (Å²) in [7, 11) is 0. The Morgan fingerprint density at radius 1 is 0.667 bits per heavy atom. The molecule has 7 N–H and O–H groups in total. The second-order valence-electron chi connectivity index (χ2n) is 11.0. The molecule has 0 bridgehead atoms. The first-order valence-corrected chi connectivity index (χ1v) is 15.3. The lowest BCUT2D eigenvalue weighted by atomic mass is 9.98. The van der Waals surface area contributed by atoms with Gasteiger partial charge in [-0.1, -0.05) is 63.3 Å². The molecule has 0 saturated carbocycles. The van der Waals surface area contributed by atoms with Gasteiger partial charge >= 0.3 is 5.97 Å². The van der Waals surface area contributed by atoms with Gasteiger partial charge in [0.2, 0.25) is 0 Å². The van der Waals surface area contributed by atoms with E-state index in [0.717, 1.165) is 44.9 Å². The maximum absolute atomic E-state index is 12.2. The fourth-order valence-corrected chi connectivity index (χ4v) is 4.81. The summed E-state index contributed by atoms with van der Waals surface area (Å²) in [5, 5.41) is 70.2. The summed E-state index contributed by atoms with van der Waals surface area (Å²) in [5.41, 5.74) is 0. The van der Waals surface area contributed by atoms with Crippen molar-refractivity contribution in [3.63, 3.8) is 0 Å². The minimum Gasteiger partial charge on any atom is -0.463 e. The predicted molar refractivity (Wildman–Crippen MR) is 152 cm³/mol. The summed E-state index contributed by atoms with van der Waals surface area (Å²) < 4.78 is 21.3. The molecule has 10 atom stereocenters. The van der Waals surface area contributed by atoms with E-state index in [2.05, 4.69) is 31.2 Å². The summed E-state index contributed by atoms with van der Waals surface area (Å²) in [6, 6.07) is 0. The smallest absolute Gasteiger partial charge is 0.305 e. The molecule has 12 nitrogen and oxygen atoms in total. The Hall–Kier alpha value is -1.45. The number of aliphatic hydroxyl groups excluding tert-OH is 7. The molecule has 0 radical (unpaired) electrons. The number of esters is 1. The first-order valence-electron chi connectivity index (χ1n) is 15.3. The molecule has 2 rings (SSSR count). The highest BCUT2D eigenvalue weighted by Crippen LogP contribution is 2.28. The van der Waals surface area contributed by atoms with Crippen molar-refractivity contribution in [1.29, 1.82) is 0 Å². The largest absolute Gasteiger partial charge is 0.463 e. The van der Waals surface area contributed by atoms with E-state index in [1.54, 1.807) is 0 Å². The molecular weight excluding hydrogens is 552 g/mol. The lowest BCUT2D eigenvalue weighted by Gasteiger charge is -2.44. The van der Waals surface area contributed by atoms with Crippen LogP contribution in [-0.2, 0) is 23.7 Å². The molecule has 0 unspecified atom stereocenters. The third kappa shape index (κ3) is 12.3. The van der Waals surface area contributed by atoms with Gasteiger partial charge in [-0.05, 0) is 38.5 Å². The number of hydrogen-bond donors (Lipinski definition) is 7. The zero-order valence-corrected chi connectivity index (χ0v) is 24.7. The molecule has 2 saturated heterocycles. The van der Waals surface area contributed by atoms with Crippen molar-refractivity contribution in [3.8, 4) is 0 Å². The maximum Gasteiger partial charge on any atom is 0.305 e. The van der Waals surface area contributed by atoms with Gasteiger partial charge in [-0.15, -0.1) is 0 Å². The summed E-state index contributed by atoms with van der Waals surface area (Å²) in [6.07, 6.45) is 4.73. The van der Waals surface area contributed by atoms with Gasteiger partial charge < -0.3 is 54.7 Å². The van der Waals surface area contributed by atoms with Crippen molar-refractivity contribution in [3.05, 3.63) is 24.3 Å². The molecule has 0 aromatic heterocycles. The molecule has 0 spiro atoms. The van der Waals surface area contributed by atoms with Crippen LogP contribution in [0.1, 0.15) is 84.0 Å². The number of ether oxygens (including phenoxy) is 4. The molecule has 0 amide bonds. The Morgan fingerprint density at radius 3 is 1.79 bits per heavy atom. The Labute approximate surface area is 248 Å². The molecule has 0 aliphatic carbocycles. The van der Waals surface area contributed by atoms with Crippen LogP contribution in [-0.4, -0.2) is 116 Å². The number of rotatable bonds is 19. The summed E-state index contributed by atoms with van der Waals surface area (Å²) in [5.74, 6) is -0.497. The number of carbonyl (C=O) groups excluding carboxylic acids is 1. The second kappa shape index (κ2) is 20.5. The van der Waals surface area contributed by atoms with Gasteiger partial charge in [0.05, 0.1) is 6.61 Å². The molecule has 2 aliphatic rings. The van der Waals surface area contributed by atoms with Gasteiger partial charge in [-0.2, -0.15) is 0 Å². The summed E-state index contributed by atoms with van der Waals surface area (Å²) >= 11 is 0. The molecule has 2 aliphatic heterocycles. The lowest BCUT2D eigenvalue weighted by molar-refractivity contribution is -0.376. The van der Waals surface area contributed by atoms with Gasteiger partial charge in [0, 0.05) is 6.42 Å². The quantitative estimate of drug-likeness (QED) is 0.0628. The van der Waals surface area contributed by atoms with E-state index < -0.39 is 80.6 Å². The topological polar surface area (TPSA) is 196 Å². The van der Waals surface area contributed by atoms with Crippen LogP contribution < -0.4 is 0 Å². The SMILES string of the molecule is CCCCC/C=C\C/C=C\CCCCCCCC(=O)OC[C@H]1O[C@H](O[C@H]2O[C@H](CO)[C@@H](O)[C@H](O)[C@H]2O)[C@H](O)[C@@H](O)[C@@H]1O. The Kier molecular flexibility index (Phi) is 17.9. The molecule has 0 aromatic rings. The molecule has 2 heterocycles. The molecular formula is C30H52O12. The highest BCUT2D eigenvalue weighted by Gasteiger charge is 2.49. The average molecular weight is 605 g/mol. The van der Waals surface area contributed by atoms with Crippen LogP contribution in [0.4, 0.5) is 0 Å². The van der Waals surface area contributed by atoms with Crippen LogP contribution in [0.15, 0.2) is 24.3 Å². The van der Waals surface area contributed by atoms with Crippen LogP contribution in [0.3, 0.4) is 0 Å². The maximum atomic E-state index is 12.2. The molecule has 42 heavy (non-hydrogen) atoms. The van der Waals surface area contributed by atoms with Crippen molar-refractivity contribution in [2.24, 2.45) is 0 Å². The normalized spacial score (nSPS) is 33.9. The highest BCUT2D eigenvalue weighted by atomic mass is 16.8. The number of unbranched alkanes of at least 4 members (excludes halogenated alkanes) is 8. The van der Waals surface area contributed by atoms with Crippen LogP contribution in [0.25, 0.3) is 0 Å². The monoisotopic (exact) mass is 604 g/mol. The third-order valence-electron chi connectivity index (χ3n) is 7.53. The minimum absolute atomic E-state index is 0.184. The van der Waals surface area contributed by atoms with Crippen LogP contribution in [0, 0.1) is 0 Å². The number of hydrogen-bond acceptors (Lipinski definition) is 12. The summed E-state index contributed by atoms with van der Waals surface area (Å²) in [6.45, 7) is 1.10. The van der Waals surface area contributed by atoms with Crippen LogP contribution >= 0.6 is 0 Å². The Balaban J connectivity index is 1.63. The van der Waals surface area contributed by atoms with E-state index in [0.29, 0.717) is 6.42 Å². The van der Waals surface area contributed by atoms with Crippen molar-refractivity contribution < 1.29 is 59.5 Å². The highest BCUT2D eigenvalue weighted by molar-refractivity contribution is 5.69. The van der Waals surface area contributed by atoms with Gasteiger partial charge in [0.1, 0.15) is 55.4 Å². The van der Waals surface area contributed by atoms with E-state index in [1.165, 1.54) is 19.3 Å². The number of carbonyl (C=O) groups is 1. The Morgan fingerprint density at radius 2 is 1.19 bits per heavy atom. The van der Waals surface area contributed by atoms with Gasteiger partial charge in [0.15, 0.2) is 12.6 Å². The summed E-state index contributed by atoms with van der Waals surface area (Å²) in [4.78, 5) is 12.2. The van der Waals surface area contributed by atoms with Crippen molar-refractivity contribution in [1.82, 2.24) is 0 Å². The fourth-order valence-electron chi connectivity index (χ4n) is 4.81. The number of aliphatic hydroxyl groups is 7. The molecule has 0 aromatic carbocycles. The van der Waals surface area contributed by atoms with Crippen molar-refractivity contribution in [2.75, 3.05) is 13.2 Å². The first kappa shape index (κ1) is 36.7. The predicted octanol–water partition coefficient (Wildman–Crippen LogP) is 0.967. The van der Waals surface area contributed by atoms with E-state index in [1.807, 2.05) is 0 Å². The van der Waals surface area contributed by atoms with Gasteiger partial charge in [-0.25, -0.2) is 0 Å².